The zero-order chi connectivity index (χ0) is 25.2. The highest BCUT2D eigenvalue weighted by atomic mass is 16.6. The van der Waals surface area contributed by atoms with Crippen molar-refractivity contribution >= 4 is 23.9 Å². The van der Waals surface area contributed by atoms with Crippen LogP contribution >= 0.6 is 0 Å². The van der Waals surface area contributed by atoms with Gasteiger partial charge in [-0.1, -0.05) is 18.6 Å². The van der Waals surface area contributed by atoms with E-state index in [0.29, 0.717) is 5.56 Å². The number of hydrogen-bond acceptors (Lipinski definition) is 7. The first-order valence-corrected chi connectivity index (χ1v) is 10.4. The lowest BCUT2D eigenvalue weighted by Crippen LogP contribution is -2.50. The minimum Gasteiger partial charge on any atom is -0.508 e. The second-order valence-corrected chi connectivity index (χ2v) is 8.05. The number of esters is 1. The average Bonchev–Trinajstić information content (AvgIpc) is 2.71. The lowest BCUT2D eigenvalue weighted by molar-refractivity contribution is -0.143. The number of rotatable bonds is 9. The molecule has 0 fully saturated rings. The van der Waals surface area contributed by atoms with Crippen LogP contribution in [-0.2, 0) is 23.9 Å². The molecule has 1 rings (SSSR count). The summed E-state index contributed by atoms with van der Waals surface area (Å²) in [6, 6.07) is 5.37. The summed E-state index contributed by atoms with van der Waals surface area (Å²) in [7, 11) is 0. The van der Waals surface area contributed by atoms with E-state index in [1.165, 1.54) is 31.2 Å². The summed E-state index contributed by atoms with van der Waals surface area (Å²) in [5.41, 5.74) is -0.455. The monoisotopic (exact) mass is 461 g/mol. The fourth-order valence-electron chi connectivity index (χ4n) is 2.71. The van der Waals surface area contributed by atoms with E-state index in [9.17, 15) is 24.3 Å². The molecule has 0 bridgehead atoms. The molecular weight excluding hydrogens is 430 g/mol. The van der Waals surface area contributed by atoms with Crippen molar-refractivity contribution in [3.8, 4) is 18.2 Å². The van der Waals surface area contributed by atoms with Gasteiger partial charge < -0.3 is 25.2 Å². The first-order chi connectivity index (χ1) is 15.4. The summed E-state index contributed by atoms with van der Waals surface area (Å²) < 4.78 is 9.97. The number of alkyl carbamates (subject to hydrolysis) is 1. The summed E-state index contributed by atoms with van der Waals surface area (Å²) in [6.07, 6.45) is 4.69. The summed E-state index contributed by atoms with van der Waals surface area (Å²) in [4.78, 5) is 50.4. The number of carbonyl (C=O) groups excluding carboxylic acids is 4. The lowest BCUT2D eigenvalue weighted by Gasteiger charge is -2.29. The van der Waals surface area contributed by atoms with Gasteiger partial charge in [0, 0.05) is 12.6 Å². The molecule has 0 saturated carbocycles. The maximum Gasteiger partial charge on any atom is 0.408 e. The molecule has 0 aliphatic rings. The van der Waals surface area contributed by atoms with Crippen LogP contribution in [-0.4, -0.2) is 58.7 Å². The number of phenolic OH excluding ortho intramolecular Hbond substituents is 1. The third kappa shape index (κ3) is 9.11. The molecule has 2 atom stereocenters. The Morgan fingerprint density at radius 2 is 1.79 bits per heavy atom. The maximum absolute atomic E-state index is 13.0. The van der Waals surface area contributed by atoms with Crippen LogP contribution < -0.4 is 10.6 Å². The van der Waals surface area contributed by atoms with Crippen molar-refractivity contribution in [2.45, 2.75) is 58.7 Å². The van der Waals surface area contributed by atoms with Gasteiger partial charge in [-0.25, -0.2) is 4.79 Å². The smallest absolute Gasteiger partial charge is 0.408 e. The molecule has 0 aromatic heterocycles. The number of aromatic hydroxyl groups is 1. The van der Waals surface area contributed by atoms with Gasteiger partial charge >= 0.3 is 12.1 Å². The second kappa shape index (κ2) is 12.3. The number of nitrogens with zero attached hydrogens (tertiary/aromatic N) is 1. The van der Waals surface area contributed by atoms with Crippen LogP contribution in [0.4, 0.5) is 4.79 Å². The summed E-state index contributed by atoms with van der Waals surface area (Å²) in [5.74, 6) is -1.92. The Hall–Kier alpha value is -3.74. The van der Waals surface area contributed by atoms with Gasteiger partial charge in [-0.3, -0.25) is 19.3 Å². The minimum atomic E-state index is -1.28. The number of ether oxygens (including phenoxy) is 2. The third-order valence-electron chi connectivity index (χ3n) is 4.13. The van der Waals surface area contributed by atoms with E-state index >= 15 is 0 Å². The highest BCUT2D eigenvalue weighted by Gasteiger charge is 2.34. The summed E-state index contributed by atoms with van der Waals surface area (Å²) in [5, 5.41) is 14.5. The van der Waals surface area contributed by atoms with E-state index in [1.54, 1.807) is 27.7 Å². The Balaban J connectivity index is 3.08. The van der Waals surface area contributed by atoms with Crippen molar-refractivity contribution in [3.63, 3.8) is 0 Å². The molecule has 1 aromatic carbocycles. The van der Waals surface area contributed by atoms with Crippen molar-refractivity contribution in [1.29, 1.82) is 0 Å². The Bertz CT molecular complexity index is 885. The van der Waals surface area contributed by atoms with Crippen molar-refractivity contribution in [2.75, 3.05) is 13.2 Å². The van der Waals surface area contributed by atoms with Crippen LogP contribution in [0.25, 0.3) is 0 Å². The van der Waals surface area contributed by atoms with E-state index in [0.717, 1.165) is 4.90 Å². The molecule has 10 heteroatoms. The zero-order valence-electron chi connectivity index (χ0n) is 19.5. The molecule has 33 heavy (non-hydrogen) atoms. The molecule has 0 spiro atoms. The van der Waals surface area contributed by atoms with Gasteiger partial charge in [-0.05, 0) is 52.3 Å². The Morgan fingerprint density at radius 3 is 2.30 bits per heavy atom. The van der Waals surface area contributed by atoms with Crippen molar-refractivity contribution in [2.24, 2.45) is 0 Å². The molecule has 0 aliphatic carbocycles. The maximum atomic E-state index is 13.0. The number of carbonyl (C=O) groups is 4. The molecular formula is C23H31N3O7. The van der Waals surface area contributed by atoms with Gasteiger partial charge in [0.1, 0.15) is 23.4 Å². The minimum absolute atomic E-state index is 0.0371. The van der Waals surface area contributed by atoms with Crippen molar-refractivity contribution in [1.82, 2.24) is 15.5 Å². The molecule has 0 aliphatic heterocycles. The fourth-order valence-corrected chi connectivity index (χ4v) is 2.71. The van der Waals surface area contributed by atoms with Gasteiger partial charge in [-0.2, -0.15) is 0 Å². The Kier molecular flexibility index (Phi) is 10.2. The molecule has 3 amide bonds. The van der Waals surface area contributed by atoms with Crippen LogP contribution in [0.2, 0.25) is 0 Å². The van der Waals surface area contributed by atoms with Crippen molar-refractivity contribution in [3.05, 3.63) is 29.8 Å². The van der Waals surface area contributed by atoms with Gasteiger partial charge in [0.15, 0.2) is 0 Å². The predicted octanol–water partition coefficient (Wildman–Crippen LogP) is 1.84. The van der Waals surface area contributed by atoms with Crippen LogP contribution in [0.1, 0.15) is 52.6 Å². The van der Waals surface area contributed by atoms with Gasteiger partial charge in [0.05, 0.1) is 13.0 Å². The first kappa shape index (κ1) is 27.3. The van der Waals surface area contributed by atoms with E-state index in [2.05, 4.69) is 16.7 Å². The highest BCUT2D eigenvalue weighted by molar-refractivity contribution is 5.93. The number of hydrogen-bond donors (Lipinski definition) is 3. The number of phenols is 1. The van der Waals surface area contributed by atoms with Crippen LogP contribution in [0.15, 0.2) is 24.3 Å². The molecule has 10 nitrogen and oxygen atoms in total. The van der Waals surface area contributed by atoms with Gasteiger partial charge in [0.25, 0.3) is 5.91 Å². The molecule has 0 radical (unpaired) electrons. The largest absolute Gasteiger partial charge is 0.508 e. The number of benzene rings is 1. The SMILES string of the molecule is C#CN(C(=O)C(C)NC(=O)OC(C)(C)C)C(C(=O)NCCC(=O)OCC)c1ccc(O)cc1. The molecule has 180 valence electrons. The molecule has 0 heterocycles. The molecule has 1 aromatic rings. The van der Waals surface area contributed by atoms with Crippen LogP contribution in [0.5, 0.6) is 5.75 Å². The standard InChI is InChI=1S/C23H31N3O7/c1-7-26(21(30)15(3)25-22(31)33-23(4,5)6)19(16-9-11-17(27)12-10-16)20(29)24-14-13-18(28)32-8-2/h1,9-12,15,19,27H,8,13-14H2,2-6H3,(H,24,29)(H,25,31). The number of terminal acetylenes is 1. The topological polar surface area (TPSA) is 134 Å². The summed E-state index contributed by atoms with van der Waals surface area (Å²) in [6.45, 7) is 8.27. The van der Waals surface area contributed by atoms with E-state index in [-0.39, 0.29) is 25.3 Å². The molecule has 3 N–H and O–H groups in total. The van der Waals surface area contributed by atoms with Gasteiger partial charge in [0.2, 0.25) is 5.91 Å². The van der Waals surface area contributed by atoms with E-state index in [1.807, 2.05) is 0 Å². The fraction of sp³-hybridized carbons (Fsp3) is 0.478. The summed E-state index contributed by atoms with van der Waals surface area (Å²) >= 11 is 0. The molecule has 0 saturated heterocycles. The lowest BCUT2D eigenvalue weighted by atomic mass is 10.0. The zero-order valence-corrected chi connectivity index (χ0v) is 19.5. The Morgan fingerprint density at radius 1 is 1.18 bits per heavy atom. The average molecular weight is 462 g/mol. The number of nitrogens with one attached hydrogen (secondary N) is 2. The van der Waals surface area contributed by atoms with E-state index < -0.39 is 41.6 Å². The van der Waals surface area contributed by atoms with Crippen molar-refractivity contribution < 1.29 is 33.8 Å². The first-order valence-electron chi connectivity index (χ1n) is 10.4. The van der Waals surface area contributed by atoms with E-state index in [4.69, 9.17) is 15.9 Å². The highest BCUT2D eigenvalue weighted by Crippen LogP contribution is 2.24. The normalized spacial score (nSPS) is 12.5. The number of amides is 3. The quantitative estimate of drug-likeness (QED) is 0.290. The van der Waals surface area contributed by atoms with Crippen LogP contribution in [0.3, 0.4) is 0 Å². The second-order valence-electron chi connectivity index (χ2n) is 8.05. The third-order valence-corrected chi connectivity index (χ3v) is 4.13. The van der Waals surface area contributed by atoms with Crippen LogP contribution in [0, 0.1) is 12.5 Å². The predicted molar refractivity (Wildman–Crippen MR) is 120 cm³/mol. The Labute approximate surface area is 193 Å². The van der Waals surface area contributed by atoms with Gasteiger partial charge in [-0.15, -0.1) is 0 Å². The molecule has 2 unspecified atom stereocenters.